The Hall–Kier alpha value is -1.35. The molecule has 0 aliphatic rings. The normalized spacial score (nSPS) is 10.2. The van der Waals surface area contributed by atoms with Gasteiger partial charge in [-0.3, -0.25) is 4.79 Å². The molecule has 0 unspecified atom stereocenters. The van der Waals surface area contributed by atoms with Crippen LogP contribution in [0.15, 0.2) is 24.3 Å². The van der Waals surface area contributed by atoms with Crippen molar-refractivity contribution in [2.75, 3.05) is 13.2 Å². The van der Waals surface area contributed by atoms with Crippen molar-refractivity contribution in [3.05, 3.63) is 35.4 Å². The fourth-order valence-electron chi connectivity index (χ4n) is 1.52. The molecule has 0 aliphatic carbocycles. The fourth-order valence-corrected chi connectivity index (χ4v) is 1.52. The summed E-state index contributed by atoms with van der Waals surface area (Å²) in [4.78, 5) is 10.9. The van der Waals surface area contributed by atoms with Crippen molar-refractivity contribution in [3.8, 4) is 0 Å². The van der Waals surface area contributed by atoms with Gasteiger partial charge in [-0.1, -0.05) is 31.2 Å². The predicted octanol–water partition coefficient (Wildman–Crippen LogP) is 2.43. The molecule has 0 amide bonds. The van der Waals surface area contributed by atoms with Gasteiger partial charge in [0, 0.05) is 13.0 Å². The number of esters is 1. The molecule has 0 aromatic heterocycles. The quantitative estimate of drug-likeness (QED) is 0.582. The molecule has 1 aromatic carbocycles. The first-order valence-electron chi connectivity index (χ1n) is 6.15. The van der Waals surface area contributed by atoms with Gasteiger partial charge >= 0.3 is 5.97 Å². The Balaban J connectivity index is 2.09. The van der Waals surface area contributed by atoms with Crippen LogP contribution in [0.25, 0.3) is 0 Å². The van der Waals surface area contributed by atoms with Crippen LogP contribution >= 0.6 is 0 Å². The van der Waals surface area contributed by atoms with E-state index < -0.39 is 0 Å². The smallest absolute Gasteiger partial charge is 0.305 e. The Morgan fingerprint density at radius 3 is 2.82 bits per heavy atom. The minimum Gasteiger partial charge on any atom is -0.466 e. The number of ether oxygens (including phenoxy) is 1. The minimum atomic E-state index is -0.121. The molecule has 17 heavy (non-hydrogen) atoms. The second kappa shape index (κ2) is 7.85. The summed E-state index contributed by atoms with van der Waals surface area (Å²) in [5, 5.41) is 3.34. The summed E-state index contributed by atoms with van der Waals surface area (Å²) >= 11 is 0. The highest BCUT2D eigenvalue weighted by molar-refractivity contribution is 5.68. The van der Waals surface area contributed by atoms with Crippen molar-refractivity contribution in [3.63, 3.8) is 0 Å². The molecular formula is C14H21NO2. The molecule has 0 bridgehead atoms. The average molecular weight is 235 g/mol. The summed E-state index contributed by atoms with van der Waals surface area (Å²) in [6, 6.07) is 8.33. The molecule has 0 aliphatic heterocycles. The molecule has 1 rings (SSSR count). The van der Waals surface area contributed by atoms with Crippen LogP contribution in [0.3, 0.4) is 0 Å². The van der Waals surface area contributed by atoms with E-state index in [0.29, 0.717) is 13.0 Å². The first kappa shape index (κ1) is 13.7. The van der Waals surface area contributed by atoms with Gasteiger partial charge in [0.25, 0.3) is 0 Å². The topological polar surface area (TPSA) is 38.3 Å². The zero-order chi connectivity index (χ0) is 12.5. The first-order valence-corrected chi connectivity index (χ1v) is 6.15. The number of carbonyl (C=O) groups is 1. The van der Waals surface area contributed by atoms with Gasteiger partial charge in [0.2, 0.25) is 0 Å². The highest BCUT2D eigenvalue weighted by atomic mass is 16.5. The van der Waals surface area contributed by atoms with E-state index in [2.05, 4.69) is 24.4 Å². The van der Waals surface area contributed by atoms with Crippen LogP contribution in [0, 0.1) is 6.92 Å². The number of nitrogens with one attached hydrogen (secondary N) is 1. The first-order chi connectivity index (χ1) is 8.24. The largest absolute Gasteiger partial charge is 0.466 e. The molecule has 0 spiro atoms. The zero-order valence-electron chi connectivity index (χ0n) is 10.7. The Morgan fingerprint density at radius 2 is 2.12 bits per heavy atom. The molecule has 1 aromatic rings. The third-order valence-electron chi connectivity index (χ3n) is 2.63. The molecule has 1 N–H and O–H groups in total. The van der Waals surface area contributed by atoms with Crippen molar-refractivity contribution < 1.29 is 9.53 Å². The van der Waals surface area contributed by atoms with Gasteiger partial charge in [-0.2, -0.15) is 0 Å². The second-order valence-corrected chi connectivity index (χ2v) is 4.03. The Labute approximate surface area is 103 Å². The SMILES string of the molecule is CCC(=O)OCCCNCc1ccccc1C. The van der Waals surface area contributed by atoms with E-state index in [1.165, 1.54) is 11.1 Å². The van der Waals surface area contributed by atoms with Crippen molar-refractivity contribution in [2.45, 2.75) is 33.2 Å². The van der Waals surface area contributed by atoms with E-state index in [1.54, 1.807) is 6.92 Å². The van der Waals surface area contributed by atoms with Gasteiger partial charge in [0.1, 0.15) is 0 Å². The molecule has 0 fully saturated rings. The van der Waals surface area contributed by atoms with Crippen LogP contribution in [0.1, 0.15) is 30.9 Å². The monoisotopic (exact) mass is 235 g/mol. The molecule has 0 heterocycles. The molecule has 0 saturated heterocycles. The maximum atomic E-state index is 10.9. The lowest BCUT2D eigenvalue weighted by Crippen LogP contribution is -2.17. The Morgan fingerprint density at radius 1 is 1.35 bits per heavy atom. The van der Waals surface area contributed by atoms with Crippen LogP contribution in [-0.2, 0) is 16.1 Å². The van der Waals surface area contributed by atoms with Gasteiger partial charge in [0.15, 0.2) is 0 Å². The maximum Gasteiger partial charge on any atom is 0.305 e. The van der Waals surface area contributed by atoms with Crippen LogP contribution in [0.4, 0.5) is 0 Å². The van der Waals surface area contributed by atoms with Gasteiger partial charge < -0.3 is 10.1 Å². The molecule has 0 atom stereocenters. The highest BCUT2D eigenvalue weighted by Gasteiger charge is 1.98. The summed E-state index contributed by atoms with van der Waals surface area (Å²) in [6.07, 6.45) is 1.31. The number of hydrogen-bond donors (Lipinski definition) is 1. The van der Waals surface area contributed by atoms with Crippen LogP contribution in [0.2, 0.25) is 0 Å². The number of carbonyl (C=O) groups excluding carboxylic acids is 1. The standard InChI is InChI=1S/C14H21NO2/c1-3-14(16)17-10-6-9-15-11-13-8-5-4-7-12(13)2/h4-5,7-8,15H,3,6,9-11H2,1-2H3. The number of rotatable bonds is 7. The van der Waals surface area contributed by atoms with Crippen molar-refractivity contribution in [2.24, 2.45) is 0 Å². The minimum absolute atomic E-state index is 0.121. The lowest BCUT2D eigenvalue weighted by Gasteiger charge is -2.07. The van der Waals surface area contributed by atoms with Crippen molar-refractivity contribution in [1.82, 2.24) is 5.32 Å². The fraction of sp³-hybridized carbons (Fsp3) is 0.500. The van der Waals surface area contributed by atoms with Crippen molar-refractivity contribution >= 4 is 5.97 Å². The molecular weight excluding hydrogens is 214 g/mol. The van der Waals surface area contributed by atoms with E-state index in [0.717, 1.165) is 19.5 Å². The van der Waals surface area contributed by atoms with Crippen LogP contribution in [-0.4, -0.2) is 19.1 Å². The van der Waals surface area contributed by atoms with Crippen LogP contribution in [0.5, 0.6) is 0 Å². The van der Waals surface area contributed by atoms with E-state index >= 15 is 0 Å². The number of hydrogen-bond acceptors (Lipinski definition) is 3. The zero-order valence-corrected chi connectivity index (χ0v) is 10.7. The van der Waals surface area contributed by atoms with Gasteiger partial charge in [-0.15, -0.1) is 0 Å². The van der Waals surface area contributed by atoms with E-state index in [1.807, 2.05) is 12.1 Å². The molecule has 3 heteroatoms. The summed E-state index contributed by atoms with van der Waals surface area (Å²) in [5.74, 6) is -0.121. The maximum absolute atomic E-state index is 10.9. The second-order valence-electron chi connectivity index (χ2n) is 4.03. The van der Waals surface area contributed by atoms with Gasteiger partial charge in [-0.25, -0.2) is 0 Å². The van der Waals surface area contributed by atoms with E-state index in [9.17, 15) is 4.79 Å². The lowest BCUT2D eigenvalue weighted by molar-refractivity contribution is -0.143. The molecule has 0 saturated carbocycles. The third-order valence-corrected chi connectivity index (χ3v) is 2.63. The summed E-state index contributed by atoms with van der Waals surface area (Å²) in [7, 11) is 0. The molecule has 3 nitrogen and oxygen atoms in total. The molecule has 0 radical (unpaired) electrons. The third kappa shape index (κ3) is 5.50. The van der Waals surface area contributed by atoms with E-state index in [4.69, 9.17) is 4.74 Å². The highest BCUT2D eigenvalue weighted by Crippen LogP contribution is 2.05. The lowest BCUT2D eigenvalue weighted by atomic mass is 10.1. The average Bonchev–Trinajstić information content (AvgIpc) is 2.35. The summed E-state index contributed by atoms with van der Waals surface area (Å²) < 4.78 is 4.99. The number of aryl methyl sites for hydroxylation is 1. The van der Waals surface area contributed by atoms with E-state index in [-0.39, 0.29) is 5.97 Å². The van der Waals surface area contributed by atoms with Gasteiger partial charge in [0.05, 0.1) is 6.61 Å². The van der Waals surface area contributed by atoms with Crippen LogP contribution < -0.4 is 5.32 Å². The summed E-state index contributed by atoms with van der Waals surface area (Å²) in [6.45, 7) is 6.16. The molecule has 94 valence electrons. The summed E-state index contributed by atoms with van der Waals surface area (Å²) in [5.41, 5.74) is 2.62. The van der Waals surface area contributed by atoms with Crippen molar-refractivity contribution in [1.29, 1.82) is 0 Å². The number of benzene rings is 1. The Bertz CT molecular complexity index is 350. The van der Waals surface area contributed by atoms with Gasteiger partial charge in [-0.05, 0) is 31.0 Å². The Kier molecular flexibility index (Phi) is 6.33. The predicted molar refractivity (Wildman–Crippen MR) is 68.8 cm³/mol.